The number of ether oxygens (including phenoxy) is 1. The molecule has 7 heteroatoms. The minimum absolute atomic E-state index is 0.0221. The summed E-state index contributed by atoms with van der Waals surface area (Å²) in [6, 6.07) is 13.5. The first kappa shape index (κ1) is 19.8. The Morgan fingerprint density at radius 2 is 2.03 bits per heavy atom. The van der Waals surface area contributed by atoms with Gasteiger partial charge in [-0.1, -0.05) is 12.1 Å². The summed E-state index contributed by atoms with van der Waals surface area (Å²) in [4.78, 5) is 34.3. The van der Waals surface area contributed by atoms with Gasteiger partial charge >= 0.3 is 0 Å². The number of methoxy groups -OCH3 is 1. The molecule has 1 aromatic heterocycles. The molecule has 0 unspecified atom stereocenters. The van der Waals surface area contributed by atoms with Crippen molar-refractivity contribution in [2.24, 2.45) is 0 Å². The van der Waals surface area contributed by atoms with Crippen LogP contribution in [0.1, 0.15) is 23.2 Å². The molecule has 0 aliphatic carbocycles. The Kier molecular flexibility index (Phi) is 5.61. The summed E-state index contributed by atoms with van der Waals surface area (Å²) in [6.07, 6.45) is 1.45. The van der Waals surface area contributed by atoms with E-state index < -0.39 is 0 Å². The highest BCUT2D eigenvalue weighted by Crippen LogP contribution is 2.20. The topological polar surface area (TPSA) is 75.3 Å². The molecule has 30 heavy (non-hydrogen) atoms. The van der Waals surface area contributed by atoms with Crippen molar-refractivity contribution in [3.05, 3.63) is 81.5 Å². The fraction of sp³-hybridized carbons (Fsp3) is 0.261. The van der Waals surface area contributed by atoms with Crippen molar-refractivity contribution in [1.29, 1.82) is 0 Å². The summed E-state index contributed by atoms with van der Waals surface area (Å²) < 4.78 is 18.4. The van der Waals surface area contributed by atoms with Gasteiger partial charge in [-0.05, 0) is 54.8 Å². The van der Waals surface area contributed by atoms with Crippen LogP contribution in [-0.2, 0) is 24.2 Å². The van der Waals surface area contributed by atoms with Crippen LogP contribution in [0.4, 0.5) is 4.39 Å². The number of hydrogen-bond donors (Lipinski definition) is 1. The first-order valence-electron chi connectivity index (χ1n) is 9.82. The lowest BCUT2D eigenvalue weighted by Crippen LogP contribution is -2.39. The summed E-state index contributed by atoms with van der Waals surface area (Å²) >= 11 is 0. The van der Waals surface area contributed by atoms with E-state index in [1.165, 1.54) is 12.1 Å². The number of H-pyrrole nitrogens is 1. The van der Waals surface area contributed by atoms with Crippen molar-refractivity contribution in [3.8, 4) is 17.1 Å². The number of carbonyl (C=O) groups excluding carboxylic acids is 1. The molecule has 0 saturated carbocycles. The molecule has 0 fully saturated rings. The molecule has 2 aromatic carbocycles. The summed E-state index contributed by atoms with van der Waals surface area (Å²) in [6.45, 7) is 0.787. The van der Waals surface area contributed by atoms with E-state index in [0.717, 1.165) is 11.3 Å². The number of aromatic nitrogens is 2. The lowest BCUT2D eigenvalue weighted by Gasteiger charge is -2.28. The lowest BCUT2D eigenvalue weighted by molar-refractivity contribution is -0.132. The minimum atomic E-state index is -0.355. The smallest absolute Gasteiger partial charge is 0.254 e. The van der Waals surface area contributed by atoms with E-state index in [-0.39, 0.29) is 17.3 Å². The standard InChI is InChI=1S/C23H22FN3O3/c1-30-18-4-2-3-15(13-18)5-10-21(28)27-12-11-19-20(14-27)25-22(26-23(19)29)16-6-8-17(24)9-7-16/h2-4,6-9,13H,5,10-12,14H2,1H3,(H,25,26,29). The van der Waals surface area contributed by atoms with Gasteiger partial charge in [0.05, 0.1) is 19.3 Å². The van der Waals surface area contributed by atoms with Crippen molar-refractivity contribution in [1.82, 2.24) is 14.9 Å². The van der Waals surface area contributed by atoms with E-state index in [4.69, 9.17) is 4.74 Å². The molecule has 0 bridgehead atoms. The van der Waals surface area contributed by atoms with Crippen molar-refractivity contribution in [2.45, 2.75) is 25.8 Å². The van der Waals surface area contributed by atoms with Crippen molar-refractivity contribution in [2.75, 3.05) is 13.7 Å². The molecule has 1 aliphatic rings. The zero-order chi connectivity index (χ0) is 21.1. The van der Waals surface area contributed by atoms with E-state index in [1.54, 1.807) is 24.1 Å². The molecule has 0 spiro atoms. The Morgan fingerprint density at radius 1 is 1.23 bits per heavy atom. The Labute approximate surface area is 173 Å². The Balaban J connectivity index is 1.48. The van der Waals surface area contributed by atoms with Crippen LogP contribution in [0.3, 0.4) is 0 Å². The molecule has 0 saturated heterocycles. The zero-order valence-corrected chi connectivity index (χ0v) is 16.7. The van der Waals surface area contributed by atoms with Crippen LogP contribution < -0.4 is 10.3 Å². The number of amides is 1. The first-order valence-corrected chi connectivity index (χ1v) is 9.82. The highest BCUT2D eigenvalue weighted by molar-refractivity contribution is 5.76. The van der Waals surface area contributed by atoms with E-state index in [9.17, 15) is 14.0 Å². The largest absolute Gasteiger partial charge is 0.497 e. The predicted molar refractivity (Wildman–Crippen MR) is 111 cm³/mol. The SMILES string of the molecule is COc1cccc(CCC(=O)N2CCc3c(nc(-c4ccc(F)cc4)[nH]c3=O)C2)c1. The number of aromatic amines is 1. The Bertz CT molecular complexity index is 1130. The number of benzene rings is 2. The average Bonchev–Trinajstić information content (AvgIpc) is 2.77. The van der Waals surface area contributed by atoms with Crippen molar-refractivity contribution >= 4 is 5.91 Å². The summed E-state index contributed by atoms with van der Waals surface area (Å²) in [5, 5.41) is 0. The molecule has 3 aromatic rings. The van der Waals surface area contributed by atoms with Gasteiger partial charge in [0.25, 0.3) is 5.56 Å². The number of nitrogens with zero attached hydrogens (tertiary/aromatic N) is 2. The molecule has 0 atom stereocenters. The first-order chi connectivity index (χ1) is 14.5. The van der Waals surface area contributed by atoms with E-state index in [0.29, 0.717) is 55.0 Å². The van der Waals surface area contributed by atoms with Crippen LogP contribution in [0.2, 0.25) is 0 Å². The van der Waals surface area contributed by atoms with Crippen molar-refractivity contribution in [3.63, 3.8) is 0 Å². The molecular formula is C23H22FN3O3. The van der Waals surface area contributed by atoms with Gasteiger partial charge in [0.1, 0.15) is 17.4 Å². The maximum atomic E-state index is 13.2. The third-order valence-corrected chi connectivity index (χ3v) is 5.31. The highest BCUT2D eigenvalue weighted by atomic mass is 19.1. The van der Waals surface area contributed by atoms with Gasteiger partial charge in [-0.25, -0.2) is 9.37 Å². The molecule has 1 N–H and O–H groups in total. The minimum Gasteiger partial charge on any atom is -0.497 e. The number of nitrogens with one attached hydrogen (secondary N) is 1. The number of halogens is 1. The lowest BCUT2D eigenvalue weighted by atomic mass is 10.0. The second-order valence-electron chi connectivity index (χ2n) is 7.26. The highest BCUT2D eigenvalue weighted by Gasteiger charge is 2.24. The Hall–Kier alpha value is -3.48. The zero-order valence-electron chi connectivity index (χ0n) is 16.7. The quantitative estimate of drug-likeness (QED) is 0.705. The second-order valence-corrected chi connectivity index (χ2v) is 7.26. The van der Waals surface area contributed by atoms with Crippen LogP contribution in [0, 0.1) is 5.82 Å². The number of rotatable bonds is 5. The van der Waals surface area contributed by atoms with Gasteiger partial charge < -0.3 is 14.6 Å². The third-order valence-electron chi connectivity index (χ3n) is 5.31. The van der Waals surface area contributed by atoms with Gasteiger partial charge in [-0.3, -0.25) is 9.59 Å². The normalized spacial score (nSPS) is 13.1. The van der Waals surface area contributed by atoms with Gasteiger partial charge in [-0.15, -0.1) is 0 Å². The van der Waals surface area contributed by atoms with Crippen LogP contribution in [0.15, 0.2) is 53.3 Å². The summed E-state index contributed by atoms with van der Waals surface area (Å²) in [5.74, 6) is 0.814. The predicted octanol–water partition coefficient (Wildman–Crippen LogP) is 3.10. The average molecular weight is 407 g/mol. The van der Waals surface area contributed by atoms with Gasteiger partial charge in [0.2, 0.25) is 5.91 Å². The van der Waals surface area contributed by atoms with Crippen LogP contribution in [0.25, 0.3) is 11.4 Å². The Morgan fingerprint density at radius 3 is 2.80 bits per heavy atom. The number of fused-ring (bicyclic) bond motifs is 1. The molecule has 1 amide bonds. The second kappa shape index (κ2) is 8.49. The van der Waals surface area contributed by atoms with E-state index >= 15 is 0 Å². The maximum Gasteiger partial charge on any atom is 0.254 e. The van der Waals surface area contributed by atoms with Crippen molar-refractivity contribution < 1.29 is 13.9 Å². The fourth-order valence-electron chi connectivity index (χ4n) is 3.63. The van der Waals surface area contributed by atoms with Crippen LogP contribution in [-0.4, -0.2) is 34.4 Å². The number of carbonyl (C=O) groups is 1. The third kappa shape index (κ3) is 4.25. The molecular weight excluding hydrogens is 385 g/mol. The van der Waals surface area contributed by atoms with E-state index in [2.05, 4.69) is 9.97 Å². The summed E-state index contributed by atoms with van der Waals surface area (Å²) in [5.41, 5.74) is 2.66. The number of hydrogen-bond acceptors (Lipinski definition) is 4. The molecule has 2 heterocycles. The molecule has 1 aliphatic heterocycles. The van der Waals surface area contributed by atoms with Crippen LogP contribution >= 0.6 is 0 Å². The van der Waals surface area contributed by atoms with Crippen LogP contribution in [0.5, 0.6) is 5.75 Å². The maximum absolute atomic E-state index is 13.2. The molecule has 6 nitrogen and oxygen atoms in total. The van der Waals surface area contributed by atoms with Gasteiger partial charge in [-0.2, -0.15) is 0 Å². The molecule has 154 valence electrons. The van der Waals surface area contributed by atoms with Gasteiger partial charge in [0.15, 0.2) is 0 Å². The monoisotopic (exact) mass is 407 g/mol. The van der Waals surface area contributed by atoms with E-state index in [1.807, 2.05) is 24.3 Å². The number of aryl methyl sites for hydroxylation is 1. The summed E-state index contributed by atoms with van der Waals surface area (Å²) in [7, 11) is 1.62. The molecule has 4 rings (SSSR count). The van der Waals surface area contributed by atoms with Gasteiger partial charge in [0, 0.05) is 24.1 Å². The molecule has 0 radical (unpaired) electrons. The fourth-order valence-corrected chi connectivity index (χ4v) is 3.63.